The summed E-state index contributed by atoms with van der Waals surface area (Å²) in [6.07, 6.45) is 0.401. The Morgan fingerprint density at radius 1 is 1.35 bits per heavy atom. The van der Waals surface area contributed by atoms with Crippen LogP contribution in [0.2, 0.25) is 10.3 Å². The second-order valence-corrected chi connectivity index (χ2v) is 5.47. The average molecular weight is 359 g/mol. The quantitative estimate of drug-likeness (QED) is 0.602. The SMILES string of the molecule is O=C1CC(CCl)CN1c1nc(Cl)c(Br)c(Cl)n1. The third-order valence-corrected chi connectivity index (χ3v) is 4.61. The van der Waals surface area contributed by atoms with Gasteiger partial charge < -0.3 is 0 Å². The Hall–Kier alpha value is -0.100. The Morgan fingerprint density at radius 2 is 1.94 bits per heavy atom. The van der Waals surface area contributed by atoms with Gasteiger partial charge in [-0.2, -0.15) is 9.97 Å². The number of carbonyl (C=O) groups is 1. The molecule has 92 valence electrons. The zero-order chi connectivity index (χ0) is 12.6. The summed E-state index contributed by atoms with van der Waals surface area (Å²) >= 11 is 20.6. The Balaban J connectivity index is 2.32. The first-order valence-corrected chi connectivity index (χ1v) is 6.86. The van der Waals surface area contributed by atoms with Crippen molar-refractivity contribution < 1.29 is 4.79 Å². The van der Waals surface area contributed by atoms with Gasteiger partial charge in [-0.25, -0.2) is 0 Å². The summed E-state index contributed by atoms with van der Waals surface area (Å²) in [4.78, 5) is 21.2. The number of aromatic nitrogens is 2. The van der Waals surface area contributed by atoms with Gasteiger partial charge in [0, 0.05) is 18.8 Å². The number of nitrogens with zero attached hydrogens (tertiary/aromatic N) is 3. The number of carbonyl (C=O) groups excluding carboxylic acids is 1. The first kappa shape index (κ1) is 13.3. The smallest absolute Gasteiger partial charge is 0.235 e. The zero-order valence-corrected chi connectivity index (χ0v) is 12.3. The molecule has 0 saturated carbocycles. The minimum Gasteiger partial charge on any atom is -0.280 e. The molecule has 0 bridgehead atoms. The molecule has 1 aromatic rings. The summed E-state index contributed by atoms with van der Waals surface area (Å²) in [5, 5.41) is 0.365. The molecule has 1 saturated heterocycles. The molecule has 1 fully saturated rings. The van der Waals surface area contributed by atoms with Crippen LogP contribution in [0.25, 0.3) is 0 Å². The molecule has 0 spiro atoms. The molecule has 17 heavy (non-hydrogen) atoms. The van der Waals surface area contributed by atoms with Crippen LogP contribution in [0, 0.1) is 5.92 Å². The molecule has 0 aliphatic carbocycles. The van der Waals surface area contributed by atoms with E-state index in [0.29, 0.717) is 23.3 Å². The molecule has 0 radical (unpaired) electrons. The van der Waals surface area contributed by atoms with Crippen molar-refractivity contribution in [1.82, 2.24) is 9.97 Å². The fourth-order valence-corrected chi connectivity index (χ4v) is 2.35. The van der Waals surface area contributed by atoms with E-state index in [2.05, 4.69) is 25.9 Å². The van der Waals surface area contributed by atoms with Gasteiger partial charge in [-0.1, -0.05) is 23.2 Å². The molecule has 0 N–H and O–H groups in total. The number of alkyl halides is 1. The van der Waals surface area contributed by atoms with Gasteiger partial charge in [-0.15, -0.1) is 11.6 Å². The molecule has 8 heteroatoms. The second-order valence-electron chi connectivity index (χ2n) is 3.65. The first-order chi connectivity index (χ1) is 8.02. The largest absolute Gasteiger partial charge is 0.280 e. The van der Waals surface area contributed by atoms with Crippen molar-refractivity contribution in [1.29, 1.82) is 0 Å². The van der Waals surface area contributed by atoms with Gasteiger partial charge in [-0.05, 0) is 21.8 Å². The van der Waals surface area contributed by atoms with Crippen LogP contribution in [-0.2, 0) is 4.79 Å². The van der Waals surface area contributed by atoms with E-state index in [-0.39, 0.29) is 28.1 Å². The Labute approximate surface area is 121 Å². The van der Waals surface area contributed by atoms with Crippen molar-refractivity contribution in [2.24, 2.45) is 5.92 Å². The molecule has 1 aromatic heterocycles. The molecular formula is C9H7BrCl3N3O. The van der Waals surface area contributed by atoms with Gasteiger partial charge in [-0.3, -0.25) is 9.69 Å². The van der Waals surface area contributed by atoms with E-state index < -0.39 is 0 Å². The lowest BCUT2D eigenvalue weighted by molar-refractivity contribution is -0.117. The van der Waals surface area contributed by atoms with Gasteiger partial charge in [0.05, 0.1) is 4.47 Å². The van der Waals surface area contributed by atoms with Gasteiger partial charge >= 0.3 is 0 Å². The van der Waals surface area contributed by atoms with Crippen molar-refractivity contribution in [3.05, 3.63) is 14.8 Å². The highest BCUT2D eigenvalue weighted by Crippen LogP contribution is 2.31. The van der Waals surface area contributed by atoms with Gasteiger partial charge in [0.15, 0.2) is 0 Å². The van der Waals surface area contributed by atoms with Crippen molar-refractivity contribution in [3.63, 3.8) is 0 Å². The molecular weight excluding hydrogens is 352 g/mol. The van der Waals surface area contributed by atoms with Crippen LogP contribution in [0.3, 0.4) is 0 Å². The van der Waals surface area contributed by atoms with E-state index in [1.165, 1.54) is 4.90 Å². The number of rotatable bonds is 2. The molecule has 2 heterocycles. The van der Waals surface area contributed by atoms with Gasteiger partial charge in [0.1, 0.15) is 10.3 Å². The molecule has 1 atom stereocenters. The molecule has 1 unspecified atom stereocenters. The third kappa shape index (κ3) is 2.67. The monoisotopic (exact) mass is 357 g/mol. The molecule has 1 aliphatic heterocycles. The Morgan fingerprint density at radius 3 is 2.41 bits per heavy atom. The Bertz CT molecular complexity index is 448. The third-order valence-electron chi connectivity index (χ3n) is 2.42. The van der Waals surface area contributed by atoms with E-state index in [1.807, 2.05) is 0 Å². The fourth-order valence-electron chi connectivity index (χ4n) is 1.58. The molecule has 0 aromatic carbocycles. The molecule has 4 nitrogen and oxygen atoms in total. The van der Waals surface area contributed by atoms with E-state index >= 15 is 0 Å². The van der Waals surface area contributed by atoms with Crippen LogP contribution in [0.4, 0.5) is 5.95 Å². The minimum absolute atomic E-state index is 0.0647. The molecule has 1 aliphatic rings. The van der Waals surface area contributed by atoms with Crippen LogP contribution in [0.15, 0.2) is 4.47 Å². The maximum Gasteiger partial charge on any atom is 0.235 e. The van der Waals surface area contributed by atoms with Gasteiger partial charge in [0.2, 0.25) is 11.9 Å². The van der Waals surface area contributed by atoms with Crippen LogP contribution < -0.4 is 4.90 Å². The van der Waals surface area contributed by atoms with Gasteiger partial charge in [0.25, 0.3) is 0 Å². The maximum atomic E-state index is 11.7. The van der Waals surface area contributed by atoms with E-state index in [9.17, 15) is 4.79 Å². The van der Waals surface area contributed by atoms with Crippen LogP contribution in [-0.4, -0.2) is 28.3 Å². The predicted molar refractivity (Wildman–Crippen MR) is 70.9 cm³/mol. The fraction of sp³-hybridized carbons (Fsp3) is 0.444. The highest BCUT2D eigenvalue weighted by Gasteiger charge is 2.32. The van der Waals surface area contributed by atoms with Crippen LogP contribution in [0.1, 0.15) is 6.42 Å². The van der Waals surface area contributed by atoms with E-state index in [1.54, 1.807) is 0 Å². The van der Waals surface area contributed by atoms with Crippen molar-refractivity contribution in [3.8, 4) is 0 Å². The summed E-state index contributed by atoms with van der Waals surface area (Å²) < 4.78 is 0.421. The summed E-state index contributed by atoms with van der Waals surface area (Å²) in [7, 11) is 0. The summed E-state index contributed by atoms with van der Waals surface area (Å²) in [5.74, 6) is 0.708. The highest BCUT2D eigenvalue weighted by molar-refractivity contribution is 9.10. The summed E-state index contributed by atoms with van der Waals surface area (Å²) in [5.41, 5.74) is 0. The lowest BCUT2D eigenvalue weighted by Crippen LogP contribution is -2.27. The number of hydrogen-bond acceptors (Lipinski definition) is 3. The Kier molecular flexibility index (Phi) is 4.13. The van der Waals surface area contributed by atoms with Crippen LogP contribution in [0.5, 0.6) is 0 Å². The number of halogens is 4. The zero-order valence-electron chi connectivity index (χ0n) is 8.46. The normalized spacial score (nSPS) is 20.1. The minimum atomic E-state index is -0.0647. The average Bonchev–Trinajstić information content (AvgIpc) is 2.67. The summed E-state index contributed by atoms with van der Waals surface area (Å²) in [6.45, 7) is 0.497. The summed E-state index contributed by atoms with van der Waals surface area (Å²) in [6, 6.07) is 0. The second kappa shape index (κ2) is 5.26. The topological polar surface area (TPSA) is 46.1 Å². The van der Waals surface area contributed by atoms with Crippen LogP contribution >= 0.6 is 50.7 Å². The standard InChI is InChI=1S/C9H7BrCl3N3O/c10-6-7(12)14-9(15-8(6)13)16-3-4(2-11)1-5(16)17/h4H,1-3H2. The van der Waals surface area contributed by atoms with E-state index in [4.69, 9.17) is 34.8 Å². The number of amides is 1. The predicted octanol–water partition coefficient (Wildman–Crippen LogP) is 3.14. The first-order valence-electron chi connectivity index (χ1n) is 4.77. The number of hydrogen-bond donors (Lipinski definition) is 0. The lowest BCUT2D eigenvalue weighted by atomic mass is 10.2. The maximum absolute atomic E-state index is 11.7. The van der Waals surface area contributed by atoms with Crippen molar-refractivity contribution in [2.75, 3.05) is 17.3 Å². The highest BCUT2D eigenvalue weighted by atomic mass is 79.9. The van der Waals surface area contributed by atoms with Crippen molar-refractivity contribution in [2.45, 2.75) is 6.42 Å². The van der Waals surface area contributed by atoms with E-state index in [0.717, 1.165) is 0 Å². The molecule has 1 amide bonds. The number of anilines is 1. The van der Waals surface area contributed by atoms with Crippen molar-refractivity contribution >= 4 is 62.6 Å². The lowest BCUT2D eigenvalue weighted by Gasteiger charge is -2.14. The molecule has 2 rings (SSSR count).